The van der Waals surface area contributed by atoms with E-state index >= 15 is 0 Å². The lowest BCUT2D eigenvalue weighted by molar-refractivity contribution is 0.173. The number of nitrogen functional groups attached to an aromatic ring is 1. The maximum absolute atomic E-state index is 9.63. The zero-order chi connectivity index (χ0) is 12.3. The first-order valence-electron chi connectivity index (χ1n) is 6.40. The molecule has 0 saturated heterocycles. The van der Waals surface area contributed by atoms with Gasteiger partial charge in [-0.15, -0.1) is 0 Å². The van der Waals surface area contributed by atoms with E-state index < -0.39 is 0 Å². The molecule has 0 aromatic heterocycles. The molecule has 0 amide bonds. The topological polar surface area (TPSA) is 58.3 Å². The Balaban J connectivity index is 2.14. The number of hydrogen-bond donors (Lipinski definition) is 3. The molecule has 4 N–H and O–H groups in total. The van der Waals surface area contributed by atoms with E-state index in [1.165, 1.54) is 19.3 Å². The first-order valence-corrected chi connectivity index (χ1v) is 6.40. The van der Waals surface area contributed by atoms with Gasteiger partial charge in [-0.05, 0) is 37.5 Å². The molecule has 0 unspecified atom stereocenters. The van der Waals surface area contributed by atoms with E-state index in [0.717, 1.165) is 29.8 Å². The number of anilines is 2. The fourth-order valence-electron chi connectivity index (χ4n) is 2.58. The van der Waals surface area contributed by atoms with Crippen LogP contribution in [0.1, 0.15) is 37.7 Å². The minimum Gasteiger partial charge on any atom is -0.398 e. The van der Waals surface area contributed by atoms with Gasteiger partial charge in [0, 0.05) is 11.4 Å². The molecule has 1 fully saturated rings. The second-order valence-electron chi connectivity index (χ2n) is 5.20. The molecule has 1 saturated carbocycles. The zero-order valence-electron chi connectivity index (χ0n) is 10.5. The van der Waals surface area contributed by atoms with Gasteiger partial charge in [-0.2, -0.15) is 0 Å². The van der Waals surface area contributed by atoms with Gasteiger partial charge in [0.25, 0.3) is 0 Å². The highest BCUT2D eigenvalue weighted by atomic mass is 16.3. The molecule has 3 nitrogen and oxygen atoms in total. The Morgan fingerprint density at radius 3 is 2.59 bits per heavy atom. The Morgan fingerprint density at radius 1 is 1.29 bits per heavy atom. The summed E-state index contributed by atoms with van der Waals surface area (Å²) < 4.78 is 0. The minimum absolute atomic E-state index is 0.139. The summed E-state index contributed by atoms with van der Waals surface area (Å²) >= 11 is 0. The van der Waals surface area contributed by atoms with Gasteiger partial charge in [0.1, 0.15) is 0 Å². The Bertz CT molecular complexity index is 384. The maximum Gasteiger partial charge on any atom is 0.0661 e. The van der Waals surface area contributed by atoms with Crippen LogP contribution in [0.5, 0.6) is 0 Å². The van der Waals surface area contributed by atoms with E-state index in [2.05, 4.69) is 5.32 Å². The number of rotatable bonds is 3. The third-order valence-corrected chi connectivity index (χ3v) is 3.80. The largest absolute Gasteiger partial charge is 0.398 e. The van der Waals surface area contributed by atoms with Crippen LogP contribution < -0.4 is 11.1 Å². The van der Waals surface area contributed by atoms with Crippen LogP contribution in [-0.2, 0) is 0 Å². The van der Waals surface area contributed by atoms with Crippen molar-refractivity contribution in [2.24, 2.45) is 0 Å². The molecule has 0 heterocycles. The van der Waals surface area contributed by atoms with Gasteiger partial charge < -0.3 is 16.2 Å². The van der Waals surface area contributed by atoms with E-state index in [-0.39, 0.29) is 12.1 Å². The molecule has 0 aliphatic heterocycles. The maximum atomic E-state index is 9.63. The van der Waals surface area contributed by atoms with Crippen LogP contribution in [0.3, 0.4) is 0 Å². The first kappa shape index (κ1) is 12.2. The number of nitrogens with one attached hydrogen (secondary N) is 1. The Morgan fingerprint density at radius 2 is 2.00 bits per heavy atom. The quantitative estimate of drug-likeness (QED) is 0.705. The normalized spacial score (nSPS) is 18.9. The predicted molar refractivity (Wildman–Crippen MR) is 72.1 cm³/mol. The fourth-order valence-corrected chi connectivity index (χ4v) is 2.58. The second-order valence-corrected chi connectivity index (χ2v) is 5.20. The highest BCUT2D eigenvalue weighted by molar-refractivity contribution is 5.59. The summed E-state index contributed by atoms with van der Waals surface area (Å²) in [6.07, 6.45) is 5.73. The minimum atomic E-state index is -0.139. The number of aliphatic hydroxyl groups is 1. The zero-order valence-corrected chi connectivity index (χ0v) is 10.5. The van der Waals surface area contributed by atoms with Gasteiger partial charge in [-0.25, -0.2) is 0 Å². The van der Waals surface area contributed by atoms with Crippen molar-refractivity contribution in [2.45, 2.75) is 44.6 Å². The van der Waals surface area contributed by atoms with Crippen molar-refractivity contribution in [3.8, 4) is 0 Å². The molecule has 0 bridgehead atoms. The molecule has 17 heavy (non-hydrogen) atoms. The van der Waals surface area contributed by atoms with Gasteiger partial charge in [0.15, 0.2) is 0 Å². The van der Waals surface area contributed by atoms with Crippen molar-refractivity contribution in [3.05, 3.63) is 23.8 Å². The molecule has 0 atom stereocenters. The third kappa shape index (κ3) is 2.72. The molecule has 1 aliphatic carbocycles. The van der Waals surface area contributed by atoms with Crippen molar-refractivity contribution in [1.82, 2.24) is 0 Å². The lowest BCUT2D eigenvalue weighted by atomic mass is 9.82. The van der Waals surface area contributed by atoms with Crippen LogP contribution in [0.15, 0.2) is 18.2 Å². The molecular formula is C14H22N2O. The Hall–Kier alpha value is -1.22. The highest BCUT2D eigenvalue weighted by Gasteiger charge is 2.31. The van der Waals surface area contributed by atoms with Crippen LogP contribution in [0, 0.1) is 6.92 Å². The summed E-state index contributed by atoms with van der Waals surface area (Å²) in [5.41, 5.74) is 8.69. The van der Waals surface area contributed by atoms with Crippen LogP contribution in [0.25, 0.3) is 0 Å². The van der Waals surface area contributed by atoms with Crippen molar-refractivity contribution >= 4 is 11.4 Å². The lowest BCUT2D eigenvalue weighted by Crippen LogP contribution is -2.43. The molecular weight excluding hydrogens is 212 g/mol. The summed E-state index contributed by atoms with van der Waals surface area (Å²) in [7, 11) is 0. The summed E-state index contributed by atoms with van der Waals surface area (Å²) in [5, 5.41) is 13.1. The number of aryl methyl sites for hydroxylation is 1. The number of nitrogens with two attached hydrogens (primary N) is 1. The summed E-state index contributed by atoms with van der Waals surface area (Å²) in [5.74, 6) is 0. The van der Waals surface area contributed by atoms with E-state index in [4.69, 9.17) is 5.73 Å². The molecule has 94 valence electrons. The molecule has 3 heteroatoms. The SMILES string of the molecule is Cc1ccc(NC2(CO)CCCCC2)cc1N. The van der Waals surface area contributed by atoms with Crippen molar-refractivity contribution in [1.29, 1.82) is 0 Å². The predicted octanol–water partition coefficient (Wildman–Crippen LogP) is 2.68. The van der Waals surface area contributed by atoms with Gasteiger partial charge in [-0.1, -0.05) is 25.3 Å². The summed E-state index contributed by atoms with van der Waals surface area (Å²) in [6, 6.07) is 6.02. The van der Waals surface area contributed by atoms with Crippen LogP contribution in [-0.4, -0.2) is 17.3 Å². The van der Waals surface area contributed by atoms with E-state index in [1.54, 1.807) is 0 Å². The Kier molecular flexibility index (Phi) is 3.57. The second kappa shape index (κ2) is 4.96. The first-order chi connectivity index (χ1) is 8.15. The molecule has 2 rings (SSSR count). The van der Waals surface area contributed by atoms with Gasteiger partial charge in [0.05, 0.1) is 12.1 Å². The molecule has 0 spiro atoms. The third-order valence-electron chi connectivity index (χ3n) is 3.80. The van der Waals surface area contributed by atoms with E-state index in [9.17, 15) is 5.11 Å². The van der Waals surface area contributed by atoms with Gasteiger partial charge in [0.2, 0.25) is 0 Å². The lowest BCUT2D eigenvalue weighted by Gasteiger charge is -2.37. The highest BCUT2D eigenvalue weighted by Crippen LogP contribution is 2.32. The molecule has 1 aromatic rings. The summed E-state index contributed by atoms with van der Waals surface area (Å²) in [6.45, 7) is 2.20. The van der Waals surface area contributed by atoms with Gasteiger partial charge in [-0.3, -0.25) is 0 Å². The molecule has 1 aliphatic rings. The van der Waals surface area contributed by atoms with Crippen LogP contribution in [0.2, 0.25) is 0 Å². The van der Waals surface area contributed by atoms with Crippen LogP contribution >= 0.6 is 0 Å². The number of aliphatic hydroxyl groups excluding tert-OH is 1. The van der Waals surface area contributed by atoms with Gasteiger partial charge >= 0.3 is 0 Å². The Labute approximate surface area is 103 Å². The smallest absolute Gasteiger partial charge is 0.0661 e. The van der Waals surface area contributed by atoms with Crippen molar-refractivity contribution in [3.63, 3.8) is 0 Å². The van der Waals surface area contributed by atoms with Crippen molar-refractivity contribution in [2.75, 3.05) is 17.7 Å². The fraction of sp³-hybridized carbons (Fsp3) is 0.571. The monoisotopic (exact) mass is 234 g/mol. The number of hydrogen-bond acceptors (Lipinski definition) is 3. The summed E-state index contributed by atoms with van der Waals surface area (Å²) in [4.78, 5) is 0. The van der Waals surface area contributed by atoms with E-state index in [1.807, 2.05) is 25.1 Å². The van der Waals surface area contributed by atoms with Crippen LogP contribution in [0.4, 0.5) is 11.4 Å². The average Bonchev–Trinajstić information content (AvgIpc) is 2.35. The average molecular weight is 234 g/mol. The van der Waals surface area contributed by atoms with Crippen molar-refractivity contribution < 1.29 is 5.11 Å². The molecule has 1 aromatic carbocycles. The molecule has 0 radical (unpaired) electrons. The number of benzene rings is 1. The van der Waals surface area contributed by atoms with E-state index in [0.29, 0.717) is 0 Å². The standard InChI is InChI=1S/C14H22N2O/c1-11-5-6-12(9-13(11)15)16-14(10-17)7-3-2-4-8-14/h5-6,9,16-17H,2-4,7-8,10,15H2,1H3.